The van der Waals surface area contributed by atoms with E-state index in [9.17, 15) is 13.9 Å². The summed E-state index contributed by atoms with van der Waals surface area (Å²) < 4.78 is 26.0. The molecular formula is C17H23F2NO. The molecule has 0 radical (unpaired) electrons. The Balaban J connectivity index is 2.11. The van der Waals surface area contributed by atoms with Crippen LogP contribution in [-0.4, -0.2) is 11.7 Å². The Kier molecular flexibility index (Phi) is 3.91. The first-order chi connectivity index (χ1) is 10.1. The zero-order valence-electron chi connectivity index (χ0n) is 12.2. The van der Waals surface area contributed by atoms with Crippen LogP contribution in [0.2, 0.25) is 0 Å². The molecule has 0 saturated heterocycles. The van der Waals surface area contributed by atoms with Gasteiger partial charge < -0.3 is 10.8 Å². The van der Waals surface area contributed by atoms with Crippen molar-refractivity contribution in [3.8, 4) is 5.75 Å². The quantitative estimate of drug-likeness (QED) is 0.883. The highest BCUT2D eigenvalue weighted by atomic mass is 19.3. The standard InChI is InChI=1S/C17H23F2NO/c18-16(19)13-9-11-4-5-12-3-1-2-6-17(12,7-8-20)14(11)10-15(13)21/h9-10,12,16,21H,1-8,20H2/t12-,17+/m1/s1. The van der Waals surface area contributed by atoms with Gasteiger partial charge in [-0.15, -0.1) is 0 Å². The molecule has 2 aliphatic carbocycles. The number of hydrogen-bond acceptors (Lipinski definition) is 2. The Morgan fingerprint density at radius 1 is 1.29 bits per heavy atom. The summed E-state index contributed by atoms with van der Waals surface area (Å²) in [5.74, 6) is 0.325. The van der Waals surface area contributed by atoms with Crippen LogP contribution in [0.3, 0.4) is 0 Å². The van der Waals surface area contributed by atoms with Crippen LogP contribution < -0.4 is 5.73 Å². The van der Waals surface area contributed by atoms with Crippen LogP contribution in [0.1, 0.15) is 61.6 Å². The van der Waals surface area contributed by atoms with Crippen LogP contribution >= 0.6 is 0 Å². The van der Waals surface area contributed by atoms with Crippen molar-refractivity contribution in [2.45, 2.75) is 56.8 Å². The number of phenols is 1. The van der Waals surface area contributed by atoms with Crippen molar-refractivity contribution in [3.63, 3.8) is 0 Å². The second-order valence-corrected chi connectivity index (χ2v) is 6.55. The summed E-state index contributed by atoms with van der Waals surface area (Å²) in [7, 11) is 0. The molecule has 1 fully saturated rings. The van der Waals surface area contributed by atoms with E-state index in [2.05, 4.69) is 0 Å². The molecule has 4 heteroatoms. The summed E-state index contributed by atoms with van der Waals surface area (Å²) in [5, 5.41) is 10.00. The molecule has 0 bridgehead atoms. The average Bonchev–Trinajstić information content (AvgIpc) is 2.47. The fourth-order valence-electron chi connectivity index (χ4n) is 4.64. The third-order valence-corrected chi connectivity index (χ3v) is 5.58. The second kappa shape index (κ2) is 5.56. The lowest BCUT2D eigenvalue weighted by Crippen LogP contribution is -2.43. The van der Waals surface area contributed by atoms with Crippen molar-refractivity contribution < 1.29 is 13.9 Å². The SMILES string of the molecule is NCC[C@@]12CCCC[C@@H]1CCc1cc(C(F)F)c(O)cc12. The van der Waals surface area contributed by atoms with Gasteiger partial charge in [0, 0.05) is 0 Å². The summed E-state index contributed by atoms with van der Waals surface area (Å²) in [4.78, 5) is 0. The van der Waals surface area contributed by atoms with E-state index < -0.39 is 6.43 Å². The molecule has 0 unspecified atom stereocenters. The monoisotopic (exact) mass is 295 g/mol. The summed E-state index contributed by atoms with van der Waals surface area (Å²) in [6.07, 6.45) is 4.82. The highest BCUT2D eigenvalue weighted by molar-refractivity contribution is 5.48. The molecule has 0 aliphatic heterocycles. The van der Waals surface area contributed by atoms with Crippen LogP contribution in [0, 0.1) is 5.92 Å². The van der Waals surface area contributed by atoms with E-state index in [1.165, 1.54) is 18.9 Å². The third kappa shape index (κ3) is 2.33. The van der Waals surface area contributed by atoms with Crippen molar-refractivity contribution in [1.29, 1.82) is 0 Å². The largest absolute Gasteiger partial charge is 0.507 e. The Morgan fingerprint density at radius 3 is 2.81 bits per heavy atom. The Morgan fingerprint density at radius 2 is 2.10 bits per heavy atom. The molecule has 1 aromatic carbocycles. The first-order valence-electron chi connectivity index (χ1n) is 7.93. The van der Waals surface area contributed by atoms with Gasteiger partial charge >= 0.3 is 0 Å². The number of halogens is 2. The van der Waals surface area contributed by atoms with Gasteiger partial charge in [0.2, 0.25) is 0 Å². The molecule has 3 rings (SSSR count). The number of fused-ring (bicyclic) bond motifs is 3. The van der Waals surface area contributed by atoms with Gasteiger partial charge in [0.05, 0.1) is 5.56 Å². The lowest BCUT2D eigenvalue weighted by Gasteiger charge is -2.49. The number of nitrogens with two attached hydrogens (primary N) is 1. The molecular weight excluding hydrogens is 272 g/mol. The average molecular weight is 295 g/mol. The van der Waals surface area contributed by atoms with E-state index in [4.69, 9.17) is 5.73 Å². The van der Waals surface area contributed by atoms with Crippen LogP contribution in [0.4, 0.5) is 8.78 Å². The van der Waals surface area contributed by atoms with Crippen LogP contribution in [-0.2, 0) is 11.8 Å². The Labute approximate surface area is 124 Å². The predicted octanol–water partition coefficient (Wildman–Crippen LogP) is 4.05. The number of alkyl halides is 2. The van der Waals surface area contributed by atoms with Crippen LogP contribution in [0.25, 0.3) is 0 Å². The summed E-state index contributed by atoms with van der Waals surface area (Å²) >= 11 is 0. The molecule has 2 atom stereocenters. The van der Waals surface area contributed by atoms with E-state index >= 15 is 0 Å². The zero-order chi connectivity index (χ0) is 15.0. The van der Waals surface area contributed by atoms with Gasteiger partial charge in [-0.25, -0.2) is 8.78 Å². The molecule has 116 valence electrons. The number of phenolic OH excluding ortho intramolecular Hbond substituents is 1. The van der Waals surface area contributed by atoms with Crippen LogP contribution in [0.15, 0.2) is 12.1 Å². The van der Waals surface area contributed by atoms with Gasteiger partial charge in [-0.3, -0.25) is 0 Å². The topological polar surface area (TPSA) is 46.2 Å². The molecule has 1 aromatic rings. The zero-order valence-corrected chi connectivity index (χ0v) is 12.2. The highest BCUT2D eigenvalue weighted by Gasteiger charge is 2.45. The summed E-state index contributed by atoms with van der Waals surface area (Å²) in [6, 6.07) is 3.14. The van der Waals surface area contributed by atoms with Gasteiger partial charge in [0.15, 0.2) is 0 Å². The van der Waals surface area contributed by atoms with Gasteiger partial charge in [-0.05, 0) is 73.2 Å². The van der Waals surface area contributed by atoms with Gasteiger partial charge in [0.25, 0.3) is 6.43 Å². The summed E-state index contributed by atoms with van der Waals surface area (Å²) in [6.45, 7) is 0.604. The first-order valence-corrected chi connectivity index (χ1v) is 7.93. The van der Waals surface area contributed by atoms with Crippen molar-refractivity contribution in [2.24, 2.45) is 11.7 Å². The van der Waals surface area contributed by atoms with E-state index in [0.717, 1.165) is 43.2 Å². The van der Waals surface area contributed by atoms with Crippen molar-refractivity contribution >= 4 is 0 Å². The lowest BCUT2D eigenvalue weighted by atomic mass is 9.56. The second-order valence-electron chi connectivity index (χ2n) is 6.55. The van der Waals surface area contributed by atoms with E-state index in [-0.39, 0.29) is 16.7 Å². The lowest BCUT2D eigenvalue weighted by molar-refractivity contribution is 0.141. The van der Waals surface area contributed by atoms with E-state index in [1.807, 2.05) is 0 Å². The minimum Gasteiger partial charge on any atom is -0.507 e. The molecule has 0 aromatic heterocycles. The molecule has 3 N–H and O–H groups in total. The smallest absolute Gasteiger partial charge is 0.267 e. The molecule has 0 amide bonds. The van der Waals surface area contributed by atoms with Crippen molar-refractivity contribution in [2.75, 3.05) is 6.54 Å². The fourth-order valence-corrected chi connectivity index (χ4v) is 4.64. The number of benzene rings is 1. The Bertz CT molecular complexity index is 528. The van der Waals surface area contributed by atoms with Gasteiger partial charge in [0.1, 0.15) is 5.75 Å². The number of aryl methyl sites for hydroxylation is 1. The number of aromatic hydroxyl groups is 1. The number of rotatable bonds is 3. The highest BCUT2D eigenvalue weighted by Crippen LogP contribution is 2.53. The molecule has 2 aliphatic rings. The fraction of sp³-hybridized carbons (Fsp3) is 0.647. The summed E-state index contributed by atoms with van der Waals surface area (Å²) in [5.41, 5.74) is 7.70. The molecule has 0 heterocycles. The molecule has 2 nitrogen and oxygen atoms in total. The van der Waals surface area contributed by atoms with Crippen molar-refractivity contribution in [1.82, 2.24) is 0 Å². The molecule has 1 saturated carbocycles. The minimum atomic E-state index is -2.62. The predicted molar refractivity (Wildman–Crippen MR) is 78.7 cm³/mol. The maximum atomic E-state index is 13.0. The van der Waals surface area contributed by atoms with Crippen molar-refractivity contribution in [3.05, 3.63) is 28.8 Å². The maximum Gasteiger partial charge on any atom is 0.267 e. The minimum absolute atomic E-state index is 0.00127. The molecule has 0 spiro atoms. The number of hydrogen-bond donors (Lipinski definition) is 2. The Hall–Kier alpha value is -1.16. The normalized spacial score (nSPS) is 28.3. The molecule has 21 heavy (non-hydrogen) atoms. The first kappa shape index (κ1) is 14.8. The van der Waals surface area contributed by atoms with Gasteiger partial charge in [-0.1, -0.05) is 12.8 Å². The van der Waals surface area contributed by atoms with E-state index in [1.54, 1.807) is 6.07 Å². The van der Waals surface area contributed by atoms with Crippen LogP contribution in [0.5, 0.6) is 5.75 Å². The van der Waals surface area contributed by atoms with E-state index in [0.29, 0.717) is 12.5 Å². The van der Waals surface area contributed by atoms with Gasteiger partial charge in [-0.2, -0.15) is 0 Å². The maximum absolute atomic E-state index is 13.0. The third-order valence-electron chi connectivity index (χ3n) is 5.58.